The summed E-state index contributed by atoms with van der Waals surface area (Å²) in [5, 5.41) is 5.31. The van der Waals surface area contributed by atoms with Crippen molar-refractivity contribution in [2.24, 2.45) is 0 Å². The molecule has 0 radical (unpaired) electrons. The van der Waals surface area contributed by atoms with Crippen LogP contribution in [0.4, 0.5) is 0 Å². The summed E-state index contributed by atoms with van der Waals surface area (Å²) in [7, 11) is 0. The molecular formula is C11H17N3O2S2. The van der Waals surface area contributed by atoms with Crippen molar-refractivity contribution in [1.82, 2.24) is 15.6 Å². The Bertz CT molecular complexity index is 493. The minimum absolute atomic E-state index is 0.177. The zero-order valence-corrected chi connectivity index (χ0v) is 12.3. The SMILES string of the molecule is CCNC(=O)C(C)NC(=O)Cc1sc(=S)[nH]c1C. The Morgan fingerprint density at radius 2 is 2.17 bits per heavy atom. The average Bonchev–Trinajstić information content (AvgIpc) is 2.57. The van der Waals surface area contributed by atoms with E-state index in [0.717, 1.165) is 10.6 Å². The minimum Gasteiger partial charge on any atom is -0.355 e. The number of aromatic nitrogens is 1. The number of aryl methyl sites for hydroxylation is 1. The maximum Gasteiger partial charge on any atom is 0.242 e. The molecule has 5 nitrogen and oxygen atoms in total. The van der Waals surface area contributed by atoms with Crippen LogP contribution in [-0.2, 0) is 16.0 Å². The summed E-state index contributed by atoms with van der Waals surface area (Å²) >= 11 is 6.39. The lowest BCUT2D eigenvalue weighted by molar-refractivity contribution is -0.128. The first-order valence-electron chi connectivity index (χ1n) is 5.69. The van der Waals surface area contributed by atoms with Crippen molar-refractivity contribution in [2.45, 2.75) is 33.2 Å². The van der Waals surface area contributed by atoms with Gasteiger partial charge in [0.1, 0.15) is 6.04 Å². The molecule has 0 aliphatic carbocycles. The zero-order chi connectivity index (χ0) is 13.7. The number of H-pyrrole nitrogens is 1. The third kappa shape index (κ3) is 4.23. The van der Waals surface area contributed by atoms with Crippen LogP contribution in [0.1, 0.15) is 24.4 Å². The van der Waals surface area contributed by atoms with Crippen molar-refractivity contribution in [3.05, 3.63) is 14.5 Å². The van der Waals surface area contributed by atoms with E-state index in [1.165, 1.54) is 11.3 Å². The van der Waals surface area contributed by atoms with Crippen molar-refractivity contribution in [3.63, 3.8) is 0 Å². The summed E-state index contributed by atoms with van der Waals surface area (Å²) in [6.45, 7) is 5.93. The van der Waals surface area contributed by atoms with Crippen LogP contribution in [0, 0.1) is 10.9 Å². The molecule has 1 aromatic rings. The molecule has 0 aliphatic heterocycles. The van der Waals surface area contributed by atoms with Gasteiger partial charge in [0, 0.05) is 17.1 Å². The van der Waals surface area contributed by atoms with Gasteiger partial charge in [-0.3, -0.25) is 9.59 Å². The number of thiazole rings is 1. The van der Waals surface area contributed by atoms with E-state index in [-0.39, 0.29) is 18.2 Å². The molecule has 1 atom stereocenters. The fraction of sp³-hybridized carbons (Fsp3) is 0.545. The van der Waals surface area contributed by atoms with E-state index in [4.69, 9.17) is 12.2 Å². The highest BCUT2D eigenvalue weighted by molar-refractivity contribution is 7.73. The lowest BCUT2D eigenvalue weighted by Gasteiger charge is -2.12. The Balaban J connectivity index is 2.54. The quantitative estimate of drug-likeness (QED) is 0.715. The molecular weight excluding hydrogens is 270 g/mol. The van der Waals surface area contributed by atoms with Crippen LogP contribution < -0.4 is 10.6 Å². The summed E-state index contributed by atoms with van der Waals surface area (Å²) in [6, 6.07) is -0.523. The number of aromatic amines is 1. The number of amides is 2. The lowest BCUT2D eigenvalue weighted by atomic mass is 10.2. The second-order valence-corrected chi connectivity index (χ2v) is 5.70. The van der Waals surface area contributed by atoms with Crippen LogP contribution in [-0.4, -0.2) is 29.4 Å². The van der Waals surface area contributed by atoms with E-state index >= 15 is 0 Å². The summed E-state index contributed by atoms with van der Waals surface area (Å²) in [5.74, 6) is -0.355. The van der Waals surface area contributed by atoms with Gasteiger partial charge in [0.15, 0.2) is 3.95 Å². The molecule has 0 aromatic carbocycles. The van der Waals surface area contributed by atoms with Crippen molar-refractivity contribution in [3.8, 4) is 0 Å². The highest BCUT2D eigenvalue weighted by Crippen LogP contribution is 2.14. The Hall–Kier alpha value is -1.21. The molecule has 1 unspecified atom stereocenters. The Labute approximate surface area is 115 Å². The van der Waals surface area contributed by atoms with Gasteiger partial charge in [-0.15, -0.1) is 11.3 Å². The van der Waals surface area contributed by atoms with Crippen LogP contribution in [0.3, 0.4) is 0 Å². The summed E-state index contributed by atoms with van der Waals surface area (Å²) < 4.78 is 0.659. The smallest absolute Gasteiger partial charge is 0.242 e. The Morgan fingerprint density at radius 1 is 1.50 bits per heavy atom. The van der Waals surface area contributed by atoms with Crippen molar-refractivity contribution < 1.29 is 9.59 Å². The number of rotatable bonds is 5. The Morgan fingerprint density at radius 3 is 2.67 bits per heavy atom. The number of carbonyl (C=O) groups excluding carboxylic acids is 2. The molecule has 0 spiro atoms. The van der Waals surface area contributed by atoms with E-state index in [1.807, 2.05) is 13.8 Å². The molecule has 2 amide bonds. The van der Waals surface area contributed by atoms with Crippen molar-refractivity contribution in [1.29, 1.82) is 0 Å². The van der Waals surface area contributed by atoms with E-state index in [1.54, 1.807) is 6.92 Å². The van der Waals surface area contributed by atoms with Gasteiger partial charge in [-0.25, -0.2) is 0 Å². The summed E-state index contributed by atoms with van der Waals surface area (Å²) in [5.41, 5.74) is 0.908. The maximum atomic E-state index is 11.8. The largest absolute Gasteiger partial charge is 0.355 e. The fourth-order valence-corrected chi connectivity index (χ4v) is 2.73. The van der Waals surface area contributed by atoms with Crippen LogP contribution in [0.15, 0.2) is 0 Å². The van der Waals surface area contributed by atoms with Crippen LogP contribution in [0.2, 0.25) is 0 Å². The van der Waals surface area contributed by atoms with E-state index in [9.17, 15) is 9.59 Å². The van der Waals surface area contributed by atoms with Gasteiger partial charge in [-0.1, -0.05) is 0 Å². The third-order valence-corrected chi connectivity index (χ3v) is 3.70. The molecule has 0 saturated carbocycles. The monoisotopic (exact) mass is 287 g/mol. The van der Waals surface area contributed by atoms with Crippen LogP contribution >= 0.6 is 23.6 Å². The van der Waals surface area contributed by atoms with Gasteiger partial charge in [-0.05, 0) is 33.0 Å². The summed E-state index contributed by atoms with van der Waals surface area (Å²) in [6.07, 6.45) is 0.243. The number of nitrogens with one attached hydrogen (secondary N) is 3. The molecule has 1 aromatic heterocycles. The van der Waals surface area contributed by atoms with Crippen molar-refractivity contribution in [2.75, 3.05) is 6.54 Å². The van der Waals surface area contributed by atoms with Gasteiger partial charge >= 0.3 is 0 Å². The number of hydrogen-bond donors (Lipinski definition) is 3. The molecule has 7 heteroatoms. The van der Waals surface area contributed by atoms with Crippen molar-refractivity contribution >= 4 is 35.4 Å². The average molecular weight is 287 g/mol. The highest BCUT2D eigenvalue weighted by atomic mass is 32.1. The zero-order valence-electron chi connectivity index (χ0n) is 10.6. The highest BCUT2D eigenvalue weighted by Gasteiger charge is 2.16. The van der Waals surface area contributed by atoms with Gasteiger partial charge in [-0.2, -0.15) is 0 Å². The van der Waals surface area contributed by atoms with Crippen LogP contribution in [0.5, 0.6) is 0 Å². The molecule has 1 rings (SSSR count). The third-order valence-electron chi connectivity index (χ3n) is 2.37. The van der Waals surface area contributed by atoms with Gasteiger partial charge < -0.3 is 15.6 Å². The molecule has 100 valence electrons. The second-order valence-electron chi connectivity index (χ2n) is 3.92. The van der Waals surface area contributed by atoms with E-state index in [0.29, 0.717) is 10.5 Å². The fourth-order valence-electron chi connectivity index (χ4n) is 1.44. The predicted octanol–water partition coefficient (Wildman–Crippen LogP) is 1.30. The topological polar surface area (TPSA) is 74.0 Å². The van der Waals surface area contributed by atoms with E-state index < -0.39 is 6.04 Å². The first kappa shape index (κ1) is 14.8. The van der Waals surface area contributed by atoms with Gasteiger partial charge in [0.2, 0.25) is 11.8 Å². The first-order valence-corrected chi connectivity index (χ1v) is 6.92. The Kier molecular flexibility index (Phi) is 5.49. The molecule has 3 N–H and O–H groups in total. The second kappa shape index (κ2) is 6.65. The van der Waals surface area contributed by atoms with E-state index in [2.05, 4.69) is 15.6 Å². The molecule has 1 heterocycles. The molecule has 18 heavy (non-hydrogen) atoms. The van der Waals surface area contributed by atoms with Gasteiger partial charge in [0.05, 0.1) is 6.42 Å². The molecule has 0 aliphatic rings. The number of likely N-dealkylation sites (N-methyl/N-ethyl adjacent to an activating group) is 1. The number of hydrogen-bond acceptors (Lipinski definition) is 4. The lowest BCUT2D eigenvalue weighted by Crippen LogP contribution is -2.45. The number of carbonyl (C=O) groups is 2. The first-order chi connectivity index (χ1) is 8.43. The maximum absolute atomic E-state index is 11.8. The minimum atomic E-state index is -0.523. The molecule has 0 saturated heterocycles. The van der Waals surface area contributed by atoms with Gasteiger partial charge in [0.25, 0.3) is 0 Å². The molecule has 0 bridgehead atoms. The standard InChI is InChI=1S/C11H17N3O2S2/c1-4-12-10(16)7(3)13-9(15)5-8-6(2)14-11(17)18-8/h7H,4-5H2,1-3H3,(H,12,16)(H,13,15)(H,14,17). The van der Waals surface area contributed by atoms with Crippen LogP contribution in [0.25, 0.3) is 0 Å². The molecule has 0 fully saturated rings. The normalized spacial score (nSPS) is 11.9. The predicted molar refractivity (Wildman–Crippen MR) is 74.2 cm³/mol. The summed E-state index contributed by atoms with van der Waals surface area (Å²) in [4.78, 5) is 27.1.